The Bertz CT molecular complexity index is 280. The summed E-state index contributed by atoms with van der Waals surface area (Å²) in [5, 5.41) is 9.43. The number of rotatable bonds is 5. The lowest BCUT2D eigenvalue weighted by Crippen LogP contribution is -2.39. The second-order valence-electron chi connectivity index (χ2n) is 4.34. The van der Waals surface area contributed by atoms with Crippen molar-refractivity contribution in [3.63, 3.8) is 0 Å². The smallest absolute Gasteiger partial charge is 0.358 e. The van der Waals surface area contributed by atoms with Crippen LogP contribution < -0.4 is 5.73 Å². The van der Waals surface area contributed by atoms with E-state index in [1.54, 1.807) is 0 Å². The lowest BCUT2D eigenvalue weighted by atomic mass is 10.2. The van der Waals surface area contributed by atoms with E-state index in [0.29, 0.717) is 5.25 Å². The Hall–Kier alpha value is 0.770. The van der Waals surface area contributed by atoms with E-state index in [1.165, 1.54) is 23.6 Å². The highest BCUT2D eigenvalue weighted by molar-refractivity contribution is 8.78. The number of hydrogen-bond donors (Lipinski definition) is 4. The topological polar surface area (TPSA) is 104 Å². The van der Waals surface area contributed by atoms with E-state index < -0.39 is 18.8 Å². The van der Waals surface area contributed by atoms with Crippen LogP contribution in [-0.2, 0) is 4.57 Å². The third-order valence-corrected chi connectivity index (χ3v) is 8.59. The van der Waals surface area contributed by atoms with Gasteiger partial charge in [0.15, 0.2) is 4.61 Å². The lowest BCUT2D eigenvalue weighted by Gasteiger charge is -2.28. The molecule has 1 fully saturated rings. The van der Waals surface area contributed by atoms with Gasteiger partial charge >= 0.3 is 7.60 Å². The van der Waals surface area contributed by atoms with Gasteiger partial charge in [0, 0.05) is 5.25 Å². The van der Waals surface area contributed by atoms with Gasteiger partial charge in [-0.15, -0.1) is 0 Å². The summed E-state index contributed by atoms with van der Waals surface area (Å²) in [6.07, 6.45) is 6.89. The molecule has 1 aliphatic carbocycles. The molecule has 0 aromatic carbocycles. The van der Waals surface area contributed by atoms with Crippen molar-refractivity contribution in [3.05, 3.63) is 0 Å². The van der Waals surface area contributed by atoms with Crippen LogP contribution in [0.2, 0.25) is 0 Å². The Morgan fingerprint density at radius 3 is 2.18 bits per heavy atom. The van der Waals surface area contributed by atoms with Crippen molar-refractivity contribution in [3.8, 4) is 0 Å². The van der Waals surface area contributed by atoms with Gasteiger partial charge in [0.1, 0.15) is 0 Å². The average molecular weight is 301 g/mol. The Kier molecular flexibility index (Phi) is 6.33. The molecule has 1 rings (SSSR count). The summed E-state index contributed by atoms with van der Waals surface area (Å²) in [5.41, 5.74) is 5.56. The Labute approximate surface area is 109 Å². The van der Waals surface area contributed by atoms with Gasteiger partial charge in [-0.25, -0.2) is 0 Å². The molecule has 5 N–H and O–H groups in total. The van der Waals surface area contributed by atoms with Gasteiger partial charge in [-0.05, 0) is 12.8 Å². The third-order valence-electron chi connectivity index (χ3n) is 2.85. The maximum absolute atomic E-state index is 11.2. The fraction of sp³-hybridized carbons (Fsp3) is 1.00. The number of hydrogen-bond acceptors (Lipinski definition) is 5. The first-order valence-electron chi connectivity index (χ1n) is 5.69. The first-order chi connectivity index (χ1) is 7.89. The van der Waals surface area contributed by atoms with E-state index in [9.17, 15) is 4.57 Å². The molecule has 0 aromatic rings. The maximum atomic E-state index is 11.2. The zero-order chi connectivity index (χ0) is 12.9. The minimum Gasteiger partial charge on any atom is -0.393 e. The standard InChI is InChI=1S/C9H20NO4PS2/c10-9(7-11,15(12,13)14)17-16-8-5-3-1-2-4-6-8/h8,11H,1-7,10H2,(H2,12,13,14). The molecule has 0 saturated heterocycles. The van der Waals surface area contributed by atoms with Crippen molar-refractivity contribution >= 4 is 29.2 Å². The van der Waals surface area contributed by atoms with Crippen LogP contribution in [0.5, 0.6) is 0 Å². The third kappa shape index (κ3) is 4.74. The molecule has 8 heteroatoms. The molecule has 5 nitrogen and oxygen atoms in total. The first-order valence-corrected chi connectivity index (χ1v) is 9.51. The van der Waals surface area contributed by atoms with Gasteiger partial charge < -0.3 is 20.6 Å². The van der Waals surface area contributed by atoms with Crippen molar-refractivity contribution in [2.75, 3.05) is 6.61 Å². The molecule has 1 unspecified atom stereocenters. The maximum Gasteiger partial charge on any atom is 0.358 e. The van der Waals surface area contributed by atoms with E-state index in [0.717, 1.165) is 36.5 Å². The molecule has 0 aliphatic heterocycles. The number of nitrogens with two attached hydrogens (primary N) is 1. The highest BCUT2D eigenvalue weighted by atomic mass is 33.1. The summed E-state index contributed by atoms with van der Waals surface area (Å²) < 4.78 is 9.33. The predicted octanol–water partition coefficient (Wildman–Crippen LogP) is 1.87. The van der Waals surface area contributed by atoms with Gasteiger partial charge in [-0.1, -0.05) is 47.3 Å². The summed E-state index contributed by atoms with van der Waals surface area (Å²) in [7, 11) is -2.16. The van der Waals surface area contributed by atoms with Crippen LogP contribution in [0.15, 0.2) is 0 Å². The quantitative estimate of drug-likeness (QED) is 0.266. The van der Waals surface area contributed by atoms with Gasteiger partial charge in [-0.2, -0.15) is 0 Å². The zero-order valence-electron chi connectivity index (χ0n) is 9.62. The average Bonchev–Trinajstić information content (AvgIpc) is 2.52. The van der Waals surface area contributed by atoms with Crippen LogP contribution in [-0.4, -0.2) is 31.4 Å². The van der Waals surface area contributed by atoms with E-state index >= 15 is 0 Å². The number of aliphatic hydroxyl groups excluding tert-OH is 1. The van der Waals surface area contributed by atoms with Crippen molar-refractivity contribution in [1.82, 2.24) is 0 Å². The molecule has 0 bridgehead atoms. The SMILES string of the molecule is NC(CO)(SSC1CCCCCC1)P(=O)(O)O. The summed E-state index contributed by atoms with van der Waals surface area (Å²) in [6.45, 7) is -0.721. The van der Waals surface area contributed by atoms with Crippen LogP contribution in [0, 0.1) is 0 Å². The predicted molar refractivity (Wildman–Crippen MR) is 72.7 cm³/mol. The molecule has 0 aromatic heterocycles. The lowest BCUT2D eigenvalue weighted by molar-refractivity contribution is 0.255. The Morgan fingerprint density at radius 2 is 1.76 bits per heavy atom. The molecule has 1 atom stereocenters. The zero-order valence-corrected chi connectivity index (χ0v) is 12.1. The van der Waals surface area contributed by atoms with Crippen LogP contribution >= 0.6 is 29.2 Å². The Morgan fingerprint density at radius 1 is 1.24 bits per heavy atom. The van der Waals surface area contributed by atoms with Crippen molar-refractivity contribution in [2.45, 2.75) is 48.4 Å². The highest BCUT2D eigenvalue weighted by Gasteiger charge is 2.44. The van der Waals surface area contributed by atoms with Crippen LogP contribution in [0.1, 0.15) is 38.5 Å². The second kappa shape index (κ2) is 6.80. The summed E-state index contributed by atoms with van der Waals surface area (Å²) >= 11 is 0. The monoisotopic (exact) mass is 301 g/mol. The molecular formula is C9H20NO4PS2. The van der Waals surface area contributed by atoms with Gasteiger partial charge in [0.2, 0.25) is 0 Å². The highest BCUT2D eigenvalue weighted by Crippen LogP contribution is 2.57. The van der Waals surface area contributed by atoms with Gasteiger partial charge in [-0.3, -0.25) is 4.57 Å². The largest absolute Gasteiger partial charge is 0.393 e. The summed E-state index contributed by atoms with van der Waals surface area (Å²) in [5.74, 6) is 0. The molecule has 102 valence electrons. The molecule has 0 spiro atoms. The van der Waals surface area contributed by atoms with E-state index in [4.69, 9.17) is 20.6 Å². The second-order valence-corrected chi connectivity index (χ2v) is 9.36. The fourth-order valence-electron chi connectivity index (χ4n) is 1.66. The van der Waals surface area contributed by atoms with Crippen molar-refractivity contribution in [1.29, 1.82) is 0 Å². The van der Waals surface area contributed by atoms with Crippen LogP contribution in [0.4, 0.5) is 0 Å². The van der Waals surface area contributed by atoms with Gasteiger partial charge in [0.25, 0.3) is 0 Å². The Balaban J connectivity index is 2.49. The van der Waals surface area contributed by atoms with Crippen LogP contribution in [0.25, 0.3) is 0 Å². The minimum atomic E-state index is -4.50. The molecule has 17 heavy (non-hydrogen) atoms. The molecular weight excluding hydrogens is 281 g/mol. The van der Waals surface area contributed by atoms with E-state index in [2.05, 4.69) is 0 Å². The molecule has 1 saturated carbocycles. The normalized spacial score (nSPS) is 23.1. The fourth-order valence-corrected chi connectivity index (χ4v) is 6.02. The van der Waals surface area contributed by atoms with Crippen LogP contribution in [0.3, 0.4) is 0 Å². The van der Waals surface area contributed by atoms with Gasteiger partial charge in [0.05, 0.1) is 6.61 Å². The molecule has 1 aliphatic rings. The summed E-state index contributed by atoms with van der Waals surface area (Å²) in [4.78, 5) is 18.2. The first kappa shape index (κ1) is 15.8. The van der Waals surface area contributed by atoms with E-state index in [-0.39, 0.29) is 0 Å². The molecule has 0 radical (unpaired) electrons. The van der Waals surface area contributed by atoms with Crippen molar-refractivity contribution in [2.24, 2.45) is 5.73 Å². The van der Waals surface area contributed by atoms with Crippen molar-refractivity contribution < 1.29 is 19.5 Å². The van der Waals surface area contributed by atoms with E-state index in [1.807, 2.05) is 0 Å². The minimum absolute atomic E-state index is 0.378. The molecule has 0 heterocycles. The molecule has 0 amide bonds. The number of aliphatic hydroxyl groups is 1. The summed E-state index contributed by atoms with van der Waals surface area (Å²) in [6, 6.07) is 0.